The summed E-state index contributed by atoms with van der Waals surface area (Å²) >= 11 is 0. The fourth-order valence-electron chi connectivity index (χ4n) is 4.02. The lowest BCUT2D eigenvalue weighted by molar-refractivity contribution is 0.199. The van der Waals surface area contributed by atoms with Gasteiger partial charge in [0.1, 0.15) is 18.5 Å². The van der Waals surface area contributed by atoms with E-state index in [1.165, 1.54) is 24.3 Å². The van der Waals surface area contributed by atoms with Gasteiger partial charge in [0.25, 0.3) is 0 Å². The molecule has 1 aliphatic heterocycles. The summed E-state index contributed by atoms with van der Waals surface area (Å²) in [4.78, 5) is 0. The molecule has 4 aromatic rings. The first-order chi connectivity index (χ1) is 17.3. The smallest absolute Gasteiger partial charge is 0.167 e. The molecule has 3 nitrogen and oxygen atoms in total. The molecule has 2 atom stereocenters. The predicted molar refractivity (Wildman–Crippen MR) is 127 cm³/mol. The number of rotatable bonds is 7. The maximum absolute atomic E-state index is 14.8. The normalized spacial score (nSPS) is 15.6. The molecule has 1 N–H and O–H groups in total. The third-order valence-corrected chi connectivity index (χ3v) is 6.22. The van der Waals surface area contributed by atoms with Crippen molar-refractivity contribution in [2.24, 2.45) is 0 Å². The molecule has 0 spiro atoms. The van der Waals surface area contributed by atoms with Gasteiger partial charge in [-0.1, -0.05) is 60.7 Å². The van der Waals surface area contributed by atoms with Crippen molar-refractivity contribution in [3.8, 4) is 28.0 Å². The minimum atomic E-state index is -1.01. The quantitative estimate of drug-likeness (QED) is 0.217. The molecular weight excluding hydrogens is 472 g/mol. The summed E-state index contributed by atoms with van der Waals surface area (Å²) in [6, 6.07) is 18.8. The van der Waals surface area contributed by atoms with Crippen LogP contribution in [0.15, 0.2) is 72.8 Å². The van der Waals surface area contributed by atoms with E-state index < -0.39 is 29.4 Å². The van der Waals surface area contributed by atoms with Crippen molar-refractivity contribution in [2.75, 3.05) is 6.61 Å². The highest BCUT2D eigenvalue weighted by Gasteiger charge is 2.30. The number of aliphatic hydroxyl groups is 1. The second-order valence-electron chi connectivity index (χ2n) is 8.66. The van der Waals surface area contributed by atoms with Crippen LogP contribution in [0, 0.1) is 23.3 Å². The van der Waals surface area contributed by atoms with E-state index in [-0.39, 0.29) is 35.0 Å². The van der Waals surface area contributed by atoms with E-state index in [0.717, 1.165) is 0 Å². The van der Waals surface area contributed by atoms with Crippen molar-refractivity contribution in [2.45, 2.75) is 25.7 Å². The first-order valence-electron chi connectivity index (χ1n) is 11.4. The molecule has 0 radical (unpaired) electrons. The lowest BCUT2D eigenvalue weighted by atomic mass is 10.00. The summed E-state index contributed by atoms with van der Waals surface area (Å²) in [7, 11) is 0. The van der Waals surface area contributed by atoms with Gasteiger partial charge in [-0.05, 0) is 35.7 Å². The van der Waals surface area contributed by atoms with Crippen molar-refractivity contribution in [1.82, 2.24) is 0 Å². The van der Waals surface area contributed by atoms with Crippen molar-refractivity contribution in [3.63, 3.8) is 0 Å². The van der Waals surface area contributed by atoms with Crippen LogP contribution in [-0.4, -0.2) is 11.7 Å². The Kier molecular flexibility index (Phi) is 6.51. The Bertz CT molecular complexity index is 1400. The number of halogens is 4. The molecule has 0 aromatic heterocycles. The fraction of sp³-hybridized carbons (Fsp3) is 0.172. The molecule has 1 heterocycles. The van der Waals surface area contributed by atoms with Gasteiger partial charge in [0, 0.05) is 22.3 Å². The molecule has 5 rings (SSSR count). The number of hydrogen-bond donors (Lipinski definition) is 1. The van der Waals surface area contributed by atoms with E-state index in [9.17, 15) is 22.7 Å². The lowest BCUT2D eigenvalue weighted by Crippen LogP contribution is -2.02. The molecule has 0 bridgehead atoms. The Balaban J connectivity index is 1.29. The molecule has 0 aliphatic carbocycles. The first kappa shape index (κ1) is 24.0. The van der Waals surface area contributed by atoms with E-state index in [1.807, 2.05) is 0 Å². The van der Waals surface area contributed by atoms with Gasteiger partial charge >= 0.3 is 0 Å². The minimum absolute atomic E-state index is 0.0342. The Morgan fingerprint density at radius 2 is 1.33 bits per heavy atom. The molecule has 2 unspecified atom stereocenters. The number of ether oxygens (including phenoxy) is 2. The Hall–Kier alpha value is -3.68. The number of benzene rings is 4. The van der Waals surface area contributed by atoms with Gasteiger partial charge in [-0.25, -0.2) is 17.6 Å². The second-order valence-corrected chi connectivity index (χ2v) is 8.66. The zero-order valence-corrected chi connectivity index (χ0v) is 19.3. The Morgan fingerprint density at radius 3 is 1.92 bits per heavy atom. The minimum Gasteiger partial charge on any atom is -0.489 e. The van der Waals surface area contributed by atoms with E-state index >= 15 is 0 Å². The van der Waals surface area contributed by atoms with Crippen molar-refractivity contribution in [3.05, 3.63) is 113 Å². The highest BCUT2D eigenvalue weighted by molar-refractivity contribution is 5.66. The van der Waals surface area contributed by atoms with Gasteiger partial charge in [-0.3, -0.25) is 0 Å². The summed E-state index contributed by atoms with van der Waals surface area (Å²) in [6.07, 6.45) is -1.04. The topological polar surface area (TPSA) is 42.0 Å². The van der Waals surface area contributed by atoms with E-state index in [1.54, 1.807) is 55.5 Å². The Morgan fingerprint density at radius 1 is 0.778 bits per heavy atom. The Labute approximate surface area is 205 Å². The molecule has 1 aliphatic rings. The largest absolute Gasteiger partial charge is 0.489 e. The van der Waals surface area contributed by atoms with E-state index in [0.29, 0.717) is 29.0 Å². The molecule has 0 saturated carbocycles. The summed E-state index contributed by atoms with van der Waals surface area (Å²) in [5.74, 6) is -3.51. The zero-order valence-electron chi connectivity index (χ0n) is 19.3. The maximum atomic E-state index is 14.8. The summed E-state index contributed by atoms with van der Waals surface area (Å²) in [6.45, 7) is 1.78. The van der Waals surface area contributed by atoms with Crippen LogP contribution in [0.4, 0.5) is 17.6 Å². The van der Waals surface area contributed by atoms with Gasteiger partial charge in [0.2, 0.25) is 0 Å². The second kappa shape index (κ2) is 9.76. The number of epoxide rings is 1. The van der Waals surface area contributed by atoms with Gasteiger partial charge in [-0.15, -0.1) is 0 Å². The first-order valence-corrected chi connectivity index (χ1v) is 11.4. The summed E-state index contributed by atoms with van der Waals surface area (Å²) < 4.78 is 69.0. The van der Waals surface area contributed by atoms with Gasteiger partial charge in [-0.2, -0.15) is 0 Å². The SMILES string of the molecule is CC(O)c1ccc(-c2ccc(COc3ccc(-c4ccc(C5CO5)c(F)c4F)cc3)c(F)c2F)cc1. The molecule has 1 fully saturated rings. The monoisotopic (exact) mass is 494 g/mol. The predicted octanol–water partition coefficient (Wildman–Crippen LogP) is 7.28. The molecular formula is C29H22F4O3. The van der Waals surface area contributed by atoms with E-state index in [4.69, 9.17) is 9.47 Å². The highest BCUT2D eigenvalue weighted by atomic mass is 19.2. The van der Waals surface area contributed by atoms with Crippen LogP contribution >= 0.6 is 0 Å². The number of aliphatic hydroxyl groups excluding tert-OH is 1. The molecule has 184 valence electrons. The maximum Gasteiger partial charge on any atom is 0.167 e. The van der Waals surface area contributed by atoms with Crippen LogP contribution in [0.25, 0.3) is 22.3 Å². The van der Waals surface area contributed by atoms with Crippen LogP contribution in [-0.2, 0) is 11.3 Å². The van der Waals surface area contributed by atoms with Crippen LogP contribution < -0.4 is 4.74 Å². The fourth-order valence-corrected chi connectivity index (χ4v) is 4.02. The van der Waals surface area contributed by atoms with Crippen molar-refractivity contribution in [1.29, 1.82) is 0 Å². The van der Waals surface area contributed by atoms with E-state index in [2.05, 4.69) is 0 Å². The lowest BCUT2D eigenvalue weighted by Gasteiger charge is -2.12. The van der Waals surface area contributed by atoms with Crippen LogP contribution in [0.2, 0.25) is 0 Å². The average Bonchev–Trinajstić information content (AvgIpc) is 3.72. The van der Waals surface area contributed by atoms with Crippen LogP contribution in [0.1, 0.15) is 35.8 Å². The van der Waals surface area contributed by atoms with Crippen LogP contribution in [0.3, 0.4) is 0 Å². The highest BCUT2D eigenvalue weighted by Crippen LogP contribution is 2.36. The van der Waals surface area contributed by atoms with Gasteiger partial charge < -0.3 is 14.6 Å². The van der Waals surface area contributed by atoms with Gasteiger partial charge in [0.05, 0.1) is 12.7 Å². The molecule has 1 saturated heterocycles. The summed E-state index contributed by atoms with van der Waals surface area (Å²) in [5, 5.41) is 9.62. The molecule has 0 amide bonds. The third-order valence-electron chi connectivity index (χ3n) is 6.22. The van der Waals surface area contributed by atoms with Crippen LogP contribution in [0.5, 0.6) is 5.75 Å². The zero-order chi connectivity index (χ0) is 25.4. The van der Waals surface area contributed by atoms with Crippen molar-refractivity contribution >= 4 is 0 Å². The van der Waals surface area contributed by atoms with Crippen molar-refractivity contribution < 1.29 is 32.1 Å². The standard InChI is InChI=1S/C29H22F4O3/c1-16(34)17-2-4-18(5-3-17)22-11-8-20(26(30)27(22)31)14-35-21-9-6-19(7-10-21)23-12-13-24(25-15-36-25)29(33)28(23)32/h2-13,16,25,34H,14-15H2,1H3. The molecule has 36 heavy (non-hydrogen) atoms. The molecule has 7 heteroatoms. The average molecular weight is 494 g/mol. The molecule has 4 aromatic carbocycles. The summed E-state index contributed by atoms with van der Waals surface area (Å²) in [5.41, 5.74) is 2.05. The van der Waals surface area contributed by atoms with Gasteiger partial charge in [0.15, 0.2) is 23.3 Å². The third kappa shape index (κ3) is 4.72. The number of hydrogen-bond acceptors (Lipinski definition) is 3.